The van der Waals surface area contributed by atoms with Gasteiger partial charge in [0.25, 0.3) is 0 Å². The molecule has 0 spiro atoms. The van der Waals surface area contributed by atoms with E-state index in [0.29, 0.717) is 23.5 Å². The number of aryl methyl sites for hydroxylation is 2. The number of hydrogen-bond acceptors (Lipinski definition) is 1. The Morgan fingerprint density at radius 3 is 1.46 bits per heavy atom. The van der Waals surface area contributed by atoms with Gasteiger partial charge in [-0.1, -0.05) is 128 Å². The van der Waals surface area contributed by atoms with Gasteiger partial charge in [0.2, 0.25) is 0 Å². The van der Waals surface area contributed by atoms with E-state index in [1.807, 2.05) is 12.1 Å². The summed E-state index contributed by atoms with van der Waals surface area (Å²) in [5.41, 5.74) is 8.26. The molecule has 0 radical (unpaired) electrons. The van der Waals surface area contributed by atoms with Gasteiger partial charge < -0.3 is 5.11 Å². The topological polar surface area (TPSA) is 20.2 Å². The van der Waals surface area contributed by atoms with Crippen molar-refractivity contribution >= 4 is 0 Å². The Balaban J connectivity index is 1.92. The van der Waals surface area contributed by atoms with E-state index in [0.717, 1.165) is 18.4 Å². The zero-order chi connectivity index (χ0) is 26.8. The molecule has 0 aromatic heterocycles. The van der Waals surface area contributed by atoms with E-state index in [4.69, 9.17) is 0 Å². The van der Waals surface area contributed by atoms with E-state index in [9.17, 15) is 5.11 Å². The van der Waals surface area contributed by atoms with Gasteiger partial charge >= 0.3 is 0 Å². The van der Waals surface area contributed by atoms with Crippen LogP contribution in [0.25, 0.3) is 0 Å². The molecule has 1 nitrogen and oxygen atoms in total. The Kier molecular flexibility index (Phi) is 11.3. The first-order valence-corrected chi connectivity index (χ1v) is 14.9. The summed E-state index contributed by atoms with van der Waals surface area (Å²) >= 11 is 0. The van der Waals surface area contributed by atoms with Crippen molar-refractivity contribution < 1.29 is 5.11 Å². The minimum absolute atomic E-state index is 0.220. The highest BCUT2D eigenvalue weighted by atomic mass is 16.3. The molecule has 200 valence electrons. The third kappa shape index (κ3) is 7.28. The normalized spacial score (nSPS) is 14.8. The van der Waals surface area contributed by atoms with Crippen molar-refractivity contribution in [3.05, 3.63) is 100 Å². The van der Waals surface area contributed by atoms with Gasteiger partial charge in [0, 0.05) is 5.56 Å². The molecule has 3 rings (SSSR count). The van der Waals surface area contributed by atoms with Gasteiger partial charge in [0.1, 0.15) is 5.75 Å². The first-order chi connectivity index (χ1) is 17.9. The van der Waals surface area contributed by atoms with Crippen LogP contribution in [0.2, 0.25) is 0 Å². The summed E-state index contributed by atoms with van der Waals surface area (Å²) in [6.45, 7) is 13.9. The fraction of sp³-hybridized carbons (Fsp3) is 0.500. The number of aromatic hydroxyl groups is 1. The summed E-state index contributed by atoms with van der Waals surface area (Å²) in [4.78, 5) is 0. The van der Waals surface area contributed by atoms with E-state index >= 15 is 0 Å². The van der Waals surface area contributed by atoms with E-state index in [1.165, 1.54) is 66.3 Å². The second-order valence-electron chi connectivity index (χ2n) is 11.2. The average Bonchev–Trinajstić information content (AvgIpc) is 2.92. The number of hydrogen-bond donors (Lipinski definition) is 1. The predicted molar refractivity (Wildman–Crippen MR) is 161 cm³/mol. The van der Waals surface area contributed by atoms with Crippen molar-refractivity contribution in [1.29, 1.82) is 0 Å². The molecule has 3 aromatic rings. The minimum atomic E-state index is 0.220. The highest BCUT2D eigenvalue weighted by molar-refractivity contribution is 5.47. The Morgan fingerprint density at radius 1 is 0.514 bits per heavy atom. The van der Waals surface area contributed by atoms with Crippen molar-refractivity contribution in [2.75, 3.05) is 0 Å². The van der Waals surface area contributed by atoms with Crippen molar-refractivity contribution in [3.63, 3.8) is 0 Å². The second-order valence-corrected chi connectivity index (χ2v) is 11.2. The Bertz CT molecular complexity index is 1100. The lowest BCUT2D eigenvalue weighted by atomic mass is 9.74. The van der Waals surface area contributed by atoms with Crippen LogP contribution in [0.15, 0.2) is 66.7 Å². The largest absolute Gasteiger partial charge is 0.508 e. The van der Waals surface area contributed by atoms with E-state index < -0.39 is 0 Å². The Morgan fingerprint density at radius 2 is 0.946 bits per heavy atom. The molecule has 0 saturated heterocycles. The van der Waals surface area contributed by atoms with Crippen LogP contribution in [0, 0.1) is 0 Å². The number of rotatable bonds is 14. The SMILES string of the molecule is CCCCCc1ccccc1C(C)C(C)c1cccc(O)c1C(C)C(C)c1ccccc1CCCCC. The molecule has 1 heteroatoms. The lowest BCUT2D eigenvalue weighted by molar-refractivity contribution is 0.451. The second kappa shape index (κ2) is 14.4. The van der Waals surface area contributed by atoms with Crippen LogP contribution in [0.4, 0.5) is 0 Å². The molecule has 0 fully saturated rings. The van der Waals surface area contributed by atoms with Crippen LogP contribution >= 0.6 is 0 Å². The molecule has 37 heavy (non-hydrogen) atoms. The molecular weight excluding hydrogens is 448 g/mol. The summed E-state index contributed by atoms with van der Waals surface area (Å²) in [6.07, 6.45) is 9.82. The number of unbranched alkanes of at least 4 members (excludes halogenated alkanes) is 4. The van der Waals surface area contributed by atoms with Crippen LogP contribution in [0.1, 0.15) is 137 Å². The van der Waals surface area contributed by atoms with Gasteiger partial charge in [-0.15, -0.1) is 0 Å². The first-order valence-electron chi connectivity index (χ1n) is 14.9. The van der Waals surface area contributed by atoms with Gasteiger partial charge in [-0.3, -0.25) is 0 Å². The van der Waals surface area contributed by atoms with E-state index in [1.54, 1.807) is 0 Å². The maximum absolute atomic E-state index is 11.2. The van der Waals surface area contributed by atoms with Crippen molar-refractivity contribution in [2.24, 2.45) is 0 Å². The van der Waals surface area contributed by atoms with Gasteiger partial charge in [0.15, 0.2) is 0 Å². The minimum Gasteiger partial charge on any atom is -0.508 e. The fourth-order valence-electron chi connectivity index (χ4n) is 6.06. The third-order valence-electron chi connectivity index (χ3n) is 8.75. The number of phenolic OH excluding ortho intramolecular Hbond substituents is 1. The summed E-state index contributed by atoms with van der Waals surface area (Å²) in [5, 5.41) is 11.2. The lowest BCUT2D eigenvalue weighted by Gasteiger charge is -2.30. The van der Waals surface area contributed by atoms with E-state index in [2.05, 4.69) is 96.1 Å². The zero-order valence-corrected chi connectivity index (χ0v) is 24.3. The molecule has 0 saturated carbocycles. The lowest BCUT2D eigenvalue weighted by Crippen LogP contribution is -2.14. The van der Waals surface area contributed by atoms with Gasteiger partial charge in [-0.05, 0) is 83.2 Å². The zero-order valence-electron chi connectivity index (χ0n) is 24.3. The molecule has 4 unspecified atom stereocenters. The van der Waals surface area contributed by atoms with E-state index in [-0.39, 0.29) is 5.92 Å². The maximum atomic E-state index is 11.2. The third-order valence-corrected chi connectivity index (χ3v) is 8.75. The predicted octanol–water partition coefficient (Wildman–Crippen LogP) is 10.7. The van der Waals surface area contributed by atoms with Crippen molar-refractivity contribution in [1.82, 2.24) is 0 Å². The maximum Gasteiger partial charge on any atom is 0.119 e. The Labute approximate surface area is 227 Å². The van der Waals surface area contributed by atoms with Gasteiger partial charge in [-0.2, -0.15) is 0 Å². The fourth-order valence-corrected chi connectivity index (χ4v) is 6.06. The van der Waals surface area contributed by atoms with Crippen molar-refractivity contribution in [2.45, 2.75) is 117 Å². The Hall–Kier alpha value is -2.54. The standard InChI is InChI=1S/C36H50O/c1-7-9-11-18-30-20-13-15-22-32(30)26(3)27(4)34-24-17-25-35(37)36(34)29(6)28(5)33-23-16-14-21-31(33)19-12-10-8-2/h13-17,20-29,37H,7-12,18-19H2,1-6H3. The summed E-state index contributed by atoms with van der Waals surface area (Å²) in [6, 6.07) is 24.1. The van der Waals surface area contributed by atoms with Crippen LogP contribution < -0.4 is 0 Å². The van der Waals surface area contributed by atoms with Crippen molar-refractivity contribution in [3.8, 4) is 5.75 Å². The molecule has 0 bridgehead atoms. The quantitative estimate of drug-likeness (QED) is 0.219. The molecule has 0 aliphatic heterocycles. The molecule has 0 amide bonds. The van der Waals surface area contributed by atoms with Crippen LogP contribution in [0.5, 0.6) is 5.75 Å². The van der Waals surface area contributed by atoms with Crippen LogP contribution in [-0.2, 0) is 12.8 Å². The van der Waals surface area contributed by atoms with Gasteiger partial charge in [-0.25, -0.2) is 0 Å². The molecule has 0 heterocycles. The first kappa shape index (κ1) is 29.0. The monoisotopic (exact) mass is 498 g/mol. The molecule has 0 aliphatic carbocycles. The molecular formula is C36H50O. The molecule has 0 aliphatic rings. The summed E-state index contributed by atoms with van der Waals surface area (Å²) in [7, 11) is 0. The average molecular weight is 499 g/mol. The summed E-state index contributed by atoms with van der Waals surface area (Å²) < 4.78 is 0. The molecule has 1 N–H and O–H groups in total. The van der Waals surface area contributed by atoms with Gasteiger partial charge in [0.05, 0.1) is 0 Å². The smallest absolute Gasteiger partial charge is 0.119 e. The van der Waals surface area contributed by atoms with Crippen LogP contribution in [0.3, 0.4) is 0 Å². The highest BCUT2D eigenvalue weighted by Crippen LogP contribution is 2.45. The molecule has 3 aromatic carbocycles. The molecule has 4 atom stereocenters. The highest BCUT2D eigenvalue weighted by Gasteiger charge is 2.28. The van der Waals surface area contributed by atoms with Crippen LogP contribution in [-0.4, -0.2) is 5.11 Å². The summed E-state index contributed by atoms with van der Waals surface area (Å²) in [5.74, 6) is 1.67. The number of phenols is 1. The number of benzene rings is 3.